The van der Waals surface area contributed by atoms with E-state index in [4.69, 9.17) is 15.9 Å². The highest BCUT2D eigenvalue weighted by molar-refractivity contribution is 5.73. The number of anilines is 1. The summed E-state index contributed by atoms with van der Waals surface area (Å²) in [5, 5.41) is 46.4. The first-order valence-electron chi connectivity index (χ1n) is 10.9. The maximum atomic E-state index is 11.6. The fourth-order valence-electron chi connectivity index (χ4n) is 3.79. The molecule has 7 N–H and O–H groups in total. The van der Waals surface area contributed by atoms with E-state index < -0.39 is 74.7 Å². The Kier molecular flexibility index (Phi) is 12.3. The average molecular weight is 513 g/mol. The van der Waals surface area contributed by atoms with Crippen LogP contribution in [0.15, 0.2) is 24.3 Å². The number of benzene rings is 1. The van der Waals surface area contributed by atoms with Crippen LogP contribution in [0.3, 0.4) is 0 Å². The van der Waals surface area contributed by atoms with Crippen LogP contribution in [0.1, 0.15) is 12.5 Å². The topological polar surface area (TPSA) is 222 Å². The molecular formula is C22H32N4O10. The summed E-state index contributed by atoms with van der Waals surface area (Å²) in [7, 11) is 0. The third-order valence-electron chi connectivity index (χ3n) is 5.29. The SMILES string of the molecule is CC(CN(CC(=O)O)C[C@H](Cc1ccc(N)cc1)N(CC(=O)O)CC(=O)O)N(CC(=O)O)CC(=O)O. The Morgan fingerprint density at radius 1 is 0.694 bits per heavy atom. The smallest absolute Gasteiger partial charge is 0.317 e. The van der Waals surface area contributed by atoms with Gasteiger partial charge in [0.05, 0.1) is 32.7 Å². The molecule has 0 spiro atoms. The average Bonchev–Trinajstić information content (AvgIpc) is 2.72. The largest absolute Gasteiger partial charge is 0.480 e. The minimum Gasteiger partial charge on any atom is -0.480 e. The molecule has 0 heterocycles. The van der Waals surface area contributed by atoms with Crippen molar-refractivity contribution in [2.75, 3.05) is 51.5 Å². The van der Waals surface area contributed by atoms with Crippen LogP contribution in [0.2, 0.25) is 0 Å². The maximum absolute atomic E-state index is 11.6. The lowest BCUT2D eigenvalue weighted by atomic mass is 10.0. The van der Waals surface area contributed by atoms with E-state index >= 15 is 0 Å². The zero-order chi connectivity index (χ0) is 27.4. The first-order chi connectivity index (χ1) is 16.8. The van der Waals surface area contributed by atoms with Crippen molar-refractivity contribution in [3.8, 4) is 0 Å². The van der Waals surface area contributed by atoms with Gasteiger partial charge in [-0.2, -0.15) is 0 Å². The summed E-state index contributed by atoms with van der Waals surface area (Å²) in [6, 6.07) is 5.15. The van der Waals surface area contributed by atoms with Gasteiger partial charge in [0.15, 0.2) is 0 Å². The minimum atomic E-state index is -1.27. The number of carbonyl (C=O) groups is 5. The summed E-state index contributed by atoms with van der Waals surface area (Å²) < 4.78 is 0. The van der Waals surface area contributed by atoms with Crippen LogP contribution in [0, 0.1) is 0 Å². The van der Waals surface area contributed by atoms with E-state index in [0.717, 1.165) is 4.90 Å². The van der Waals surface area contributed by atoms with Gasteiger partial charge in [-0.25, -0.2) is 0 Å². The van der Waals surface area contributed by atoms with E-state index in [1.165, 1.54) is 9.80 Å². The number of nitrogen functional groups attached to an aromatic ring is 1. The molecule has 0 aromatic heterocycles. The zero-order valence-electron chi connectivity index (χ0n) is 19.8. The molecule has 2 atom stereocenters. The van der Waals surface area contributed by atoms with Crippen molar-refractivity contribution in [2.24, 2.45) is 0 Å². The first kappa shape index (κ1) is 30.3. The normalized spacial score (nSPS) is 13.0. The number of aliphatic carboxylic acids is 5. The van der Waals surface area contributed by atoms with Gasteiger partial charge in [-0.1, -0.05) is 12.1 Å². The Hall–Kier alpha value is -3.75. The molecule has 14 heteroatoms. The van der Waals surface area contributed by atoms with Crippen LogP contribution in [0.25, 0.3) is 0 Å². The lowest BCUT2D eigenvalue weighted by Crippen LogP contribution is -2.53. The van der Waals surface area contributed by atoms with E-state index in [2.05, 4.69) is 0 Å². The summed E-state index contributed by atoms with van der Waals surface area (Å²) in [6.07, 6.45) is 0.166. The number of hydrogen-bond donors (Lipinski definition) is 6. The van der Waals surface area contributed by atoms with Gasteiger partial charge in [0, 0.05) is 30.9 Å². The predicted molar refractivity (Wildman–Crippen MR) is 126 cm³/mol. The van der Waals surface area contributed by atoms with Crippen molar-refractivity contribution >= 4 is 35.5 Å². The highest BCUT2D eigenvalue weighted by Crippen LogP contribution is 2.14. The number of carboxylic acids is 5. The minimum absolute atomic E-state index is 0.0704. The van der Waals surface area contributed by atoms with E-state index in [-0.39, 0.29) is 19.5 Å². The second-order valence-corrected chi connectivity index (χ2v) is 8.42. The van der Waals surface area contributed by atoms with Crippen LogP contribution in [0.4, 0.5) is 5.69 Å². The number of hydrogen-bond acceptors (Lipinski definition) is 9. The lowest BCUT2D eigenvalue weighted by Gasteiger charge is -2.36. The van der Waals surface area contributed by atoms with Gasteiger partial charge in [-0.3, -0.25) is 38.7 Å². The summed E-state index contributed by atoms with van der Waals surface area (Å²) in [4.78, 5) is 60.6. The second kappa shape index (κ2) is 14.6. The fraction of sp³-hybridized carbons (Fsp3) is 0.500. The Labute approximate surface area is 207 Å². The monoisotopic (exact) mass is 512 g/mol. The van der Waals surface area contributed by atoms with Gasteiger partial charge < -0.3 is 31.3 Å². The van der Waals surface area contributed by atoms with Crippen LogP contribution in [-0.4, -0.2) is 128 Å². The van der Waals surface area contributed by atoms with Crippen LogP contribution >= 0.6 is 0 Å². The Bertz CT molecular complexity index is 892. The van der Waals surface area contributed by atoms with Crippen LogP contribution in [0.5, 0.6) is 0 Å². The molecule has 0 fully saturated rings. The van der Waals surface area contributed by atoms with E-state index in [0.29, 0.717) is 11.3 Å². The highest BCUT2D eigenvalue weighted by atomic mass is 16.4. The van der Waals surface area contributed by atoms with Gasteiger partial charge >= 0.3 is 29.8 Å². The third-order valence-corrected chi connectivity index (χ3v) is 5.29. The molecule has 36 heavy (non-hydrogen) atoms. The molecule has 14 nitrogen and oxygen atoms in total. The van der Waals surface area contributed by atoms with Crippen molar-refractivity contribution in [1.29, 1.82) is 0 Å². The molecule has 0 aliphatic rings. The van der Waals surface area contributed by atoms with Crippen molar-refractivity contribution < 1.29 is 49.5 Å². The molecule has 0 aliphatic carbocycles. The quantitative estimate of drug-likeness (QED) is 0.128. The van der Waals surface area contributed by atoms with Crippen molar-refractivity contribution in [1.82, 2.24) is 14.7 Å². The number of rotatable bonds is 18. The molecule has 1 unspecified atom stereocenters. The molecule has 1 aromatic rings. The molecule has 0 saturated carbocycles. The standard InChI is InChI=1S/C22H32N4O10/c1-14(25(10-19(29)30)11-20(31)32)7-24(9-18(27)28)8-17(6-15-2-4-16(23)5-3-15)26(12-21(33)34)13-22(35)36/h2-5,14,17H,6-13,23H2,1H3,(H,27,28)(H,29,30)(H,31,32)(H,33,34)(H,35,36)/t14?,17-/m0/s1. The Morgan fingerprint density at radius 3 is 1.53 bits per heavy atom. The van der Waals surface area contributed by atoms with Gasteiger partial charge in [0.2, 0.25) is 0 Å². The number of nitrogens with two attached hydrogens (primary N) is 1. The second-order valence-electron chi connectivity index (χ2n) is 8.42. The van der Waals surface area contributed by atoms with Crippen molar-refractivity contribution in [3.05, 3.63) is 29.8 Å². The van der Waals surface area contributed by atoms with Crippen molar-refractivity contribution in [2.45, 2.75) is 25.4 Å². The number of nitrogens with zero attached hydrogens (tertiary/aromatic N) is 3. The molecule has 1 rings (SSSR count). The van der Waals surface area contributed by atoms with Gasteiger partial charge in [-0.15, -0.1) is 0 Å². The van der Waals surface area contributed by atoms with E-state index in [1.807, 2.05) is 0 Å². The third kappa shape index (κ3) is 12.1. The summed E-state index contributed by atoms with van der Waals surface area (Å²) in [6.45, 7) is -1.55. The highest BCUT2D eigenvalue weighted by Gasteiger charge is 2.29. The van der Waals surface area contributed by atoms with Gasteiger partial charge in [0.1, 0.15) is 0 Å². The Morgan fingerprint density at radius 2 is 1.11 bits per heavy atom. The van der Waals surface area contributed by atoms with E-state index in [1.54, 1.807) is 31.2 Å². The zero-order valence-corrected chi connectivity index (χ0v) is 19.8. The van der Waals surface area contributed by atoms with Crippen LogP contribution in [-0.2, 0) is 30.4 Å². The van der Waals surface area contributed by atoms with E-state index in [9.17, 15) is 39.3 Å². The summed E-state index contributed by atoms with van der Waals surface area (Å²) in [5.74, 6) is -6.29. The molecule has 0 radical (unpaired) electrons. The lowest BCUT2D eigenvalue weighted by molar-refractivity contribution is -0.144. The van der Waals surface area contributed by atoms with Gasteiger partial charge in [-0.05, 0) is 31.0 Å². The summed E-state index contributed by atoms with van der Waals surface area (Å²) >= 11 is 0. The number of carboxylic acid groups (broad SMARTS) is 5. The summed E-state index contributed by atoms with van der Waals surface area (Å²) in [5.41, 5.74) is 6.90. The predicted octanol–water partition coefficient (Wildman–Crippen LogP) is -1.10. The van der Waals surface area contributed by atoms with Crippen LogP contribution < -0.4 is 5.73 Å². The molecule has 0 bridgehead atoms. The van der Waals surface area contributed by atoms with Gasteiger partial charge in [0.25, 0.3) is 0 Å². The molecule has 0 saturated heterocycles. The maximum Gasteiger partial charge on any atom is 0.317 e. The molecule has 1 aromatic carbocycles. The molecule has 0 aliphatic heterocycles. The molecular weight excluding hydrogens is 480 g/mol. The Balaban J connectivity index is 3.27. The molecule has 0 amide bonds. The first-order valence-corrected chi connectivity index (χ1v) is 10.9. The fourth-order valence-corrected chi connectivity index (χ4v) is 3.79. The van der Waals surface area contributed by atoms with Crippen molar-refractivity contribution in [3.63, 3.8) is 0 Å². The molecule has 200 valence electrons.